The van der Waals surface area contributed by atoms with Gasteiger partial charge in [-0.1, -0.05) is 33.4 Å². The Kier molecular flexibility index (Phi) is 7.00. The Morgan fingerprint density at radius 3 is 2.56 bits per heavy atom. The monoisotopic (exact) mass is 511 g/mol. The maximum atomic E-state index is 13.5. The molecular formula is C27H37N3O5Si. The molecule has 1 aromatic rings. The smallest absolute Gasteiger partial charge is 0.355 e. The highest BCUT2D eigenvalue weighted by Crippen LogP contribution is 2.51. The van der Waals surface area contributed by atoms with Crippen molar-refractivity contribution in [2.24, 2.45) is 11.8 Å². The second kappa shape index (κ2) is 9.59. The van der Waals surface area contributed by atoms with Gasteiger partial charge in [0.1, 0.15) is 12.3 Å². The summed E-state index contributed by atoms with van der Waals surface area (Å²) in [7, 11) is -2.10. The first kappa shape index (κ1) is 26.3. The summed E-state index contributed by atoms with van der Waals surface area (Å²) in [6.07, 6.45) is 5.09. The van der Waals surface area contributed by atoms with Gasteiger partial charge < -0.3 is 19.0 Å². The number of carbonyl (C=O) groups is 3. The minimum Gasteiger partial charge on any atom is -0.457 e. The lowest BCUT2D eigenvalue weighted by Gasteiger charge is -2.51. The summed E-state index contributed by atoms with van der Waals surface area (Å²) in [6, 6.07) is 3.21. The summed E-state index contributed by atoms with van der Waals surface area (Å²) in [4.78, 5) is 47.1. The van der Waals surface area contributed by atoms with Gasteiger partial charge in [-0.05, 0) is 49.2 Å². The molecule has 3 aliphatic heterocycles. The molecule has 0 aliphatic carbocycles. The van der Waals surface area contributed by atoms with E-state index in [4.69, 9.17) is 9.16 Å². The number of piperidine rings is 1. The Balaban J connectivity index is 1.62. The number of rotatable bonds is 7. The Labute approximate surface area is 214 Å². The molecular weight excluding hydrogens is 474 g/mol. The molecule has 0 unspecified atom stereocenters. The van der Waals surface area contributed by atoms with Crippen LogP contribution in [0, 0.1) is 11.8 Å². The fourth-order valence-electron chi connectivity index (χ4n) is 5.35. The number of amides is 2. The van der Waals surface area contributed by atoms with Crippen LogP contribution in [0.3, 0.4) is 0 Å². The maximum absolute atomic E-state index is 13.5. The molecule has 0 radical (unpaired) electrons. The highest BCUT2D eigenvalue weighted by Gasteiger charge is 2.62. The number of fused-ring (bicyclic) bond motifs is 3. The summed E-state index contributed by atoms with van der Waals surface area (Å²) in [5.41, 5.74) is 1.64. The van der Waals surface area contributed by atoms with Crippen LogP contribution in [0.4, 0.5) is 0 Å². The van der Waals surface area contributed by atoms with Crippen LogP contribution in [-0.4, -0.2) is 72.7 Å². The lowest BCUT2D eigenvalue weighted by molar-refractivity contribution is -0.163. The molecule has 1 aromatic heterocycles. The highest BCUT2D eigenvalue weighted by atomic mass is 28.4. The van der Waals surface area contributed by atoms with Gasteiger partial charge >= 0.3 is 5.97 Å². The van der Waals surface area contributed by atoms with E-state index < -0.39 is 14.3 Å². The zero-order chi connectivity index (χ0) is 26.4. The molecule has 0 aromatic carbocycles. The SMILES string of the molecule is C=CCOC(=O)C1=C2CN(C(=O)c3ccncc3)CC[C@@H]2[C@@H]2[C@@H]([C@@H](C)O[Si](C)(C)C(C)(C)C)C(=O)N12. The van der Waals surface area contributed by atoms with E-state index in [1.165, 1.54) is 6.08 Å². The number of hydrogen-bond donors (Lipinski definition) is 0. The van der Waals surface area contributed by atoms with Crippen LogP contribution in [0.5, 0.6) is 0 Å². The van der Waals surface area contributed by atoms with Gasteiger partial charge in [0.2, 0.25) is 5.91 Å². The van der Waals surface area contributed by atoms with E-state index in [0.717, 1.165) is 5.57 Å². The van der Waals surface area contributed by atoms with Crippen molar-refractivity contribution in [3.63, 3.8) is 0 Å². The summed E-state index contributed by atoms with van der Waals surface area (Å²) in [5.74, 6) is -1.10. The Hall–Kier alpha value is -2.78. The third-order valence-electron chi connectivity index (χ3n) is 8.20. The number of nitrogens with zero attached hydrogens (tertiary/aromatic N) is 3. The van der Waals surface area contributed by atoms with Crippen molar-refractivity contribution >= 4 is 26.1 Å². The summed E-state index contributed by atoms with van der Waals surface area (Å²) in [6.45, 7) is 17.4. The second-order valence-electron chi connectivity index (χ2n) is 11.4. The average Bonchev–Trinajstić information content (AvgIpc) is 3.11. The Morgan fingerprint density at radius 1 is 1.28 bits per heavy atom. The molecule has 0 spiro atoms. The van der Waals surface area contributed by atoms with Gasteiger partial charge in [-0.15, -0.1) is 0 Å². The molecule has 4 heterocycles. The predicted molar refractivity (Wildman–Crippen MR) is 138 cm³/mol. The standard InChI is InChI=1S/C27H37N3O5Si/c1-8-15-34-26(33)23-20-16-29(24(31)18-9-12-28-13-10-18)14-11-19(20)22-21(25(32)30(22)23)17(2)35-36(6,7)27(3,4)5/h8-10,12-13,17,19,21-22H,1,11,14-16H2,2-7H3/t17-,19+,21-,22-/m1/s1. The number of likely N-dealkylation sites (tertiary alicyclic amines) is 1. The van der Waals surface area contributed by atoms with Crippen LogP contribution in [-0.2, 0) is 18.8 Å². The van der Waals surface area contributed by atoms with E-state index >= 15 is 0 Å². The van der Waals surface area contributed by atoms with Crippen LogP contribution in [0.2, 0.25) is 18.1 Å². The maximum Gasteiger partial charge on any atom is 0.355 e. The van der Waals surface area contributed by atoms with Crippen LogP contribution in [0.25, 0.3) is 0 Å². The van der Waals surface area contributed by atoms with E-state index in [1.54, 1.807) is 34.3 Å². The van der Waals surface area contributed by atoms with Crippen LogP contribution in [0.15, 0.2) is 48.5 Å². The van der Waals surface area contributed by atoms with Crippen molar-refractivity contribution in [2.75, 3.05) is 19.7 Å². The minimum atomic E-state index is -2.10. The Morgan fingerprint density at radius 2 is 1.94 bits per heavy atom. The van der Waals surface area contributed by atoms with Crippen molar-refractivity contribution in [3.8, 4) is 0 Å². The van der Waals surface area contributed by atoms with Crippen molar-refractivity contribution in [1.82, 2.24) is 14.8 Å². The van der Waals surface area contributed by atoms with Gasteiger partial charge in [-0.25, -0.2) is 4.79 Å². The minimum absolute atomic E-state index is 0.00839. The normalized spacial score (nSPS) is 24.6. The zero-order valence-corrected chi connectivity index (χ0v) is 23.1. The van der Waals surface area contributed by atoms with Crippen LogP contribution < -0.4 is 0 Å². The van der Waals surface area contributed by atoms with Crippen molar-refractivity contribution in [3.05, 3.63) is 54.0 Å². The van der Waals surface area contributed by atoms with E-state index in [2.05, 4.69) is 45.4 Å². The topological polar surface area (TPSA) is 89.0 Å². The summed E-state index contributed by atoms with van der Waals surface area (Å²) < 4.78 is 12.0. The fraction of sp³-hybridized carbons (Fsp3) is 0.556. The molecule has 0 bridgehead atoms. The number of pyridine rings is 1. The molecule has 9 heteroatoms. The molecule has 194 valence electrons. The third-order valence-corrected chi connectivity index (χ3v) is 12.8. The van der Waals surface area contributed by atoms with E-state index in [9.17, 15) is 14.4 Å². The lowest BCUT2D eigenvalue weighted by atomic mass is 9.74. The largest absolute Gasteiger partial charge is 0.457 e. The molecule has 2 fully saturated rings. The molecule has 36 heavy (non-hydrogen) atoms. The number of β-lactam (4-membered cyclic amide) rings is 1. The van der Waals surface area contributed by atoms with Crippen LogP contribution in [0.1, 0.15) is 44.5 Å². The summed E-state index contributed by atoms with van der Waals surface area (Å²) >= 11 is 0. The third kappa shape index (κ3) is 4.43. The predicted octanol–water partition coefficient (Wildman–Crippen LogP) is 3.78. The number of aromatic nitrogens is 1. The van der Waals surface area contributed by atoms with Gasteiger partial charge in [0.25, 0.3) is 5.91 Å². The first-order valence-corrected chi connectivity index (χ1v) is 15.5. The van der Waals surface area contributed by atoms with E-state index in [1.807, 2.05) is 6.92 Å². The van der Waals surface area contributed by atoms with Crippen molar-refractivity contribution in [1.29, 1.82) is 0 Å². The first-order valence-electron chi connectivity index (χ1n) is 12.6. The molecule has 8 nitrogen and oxygen atoms in total. The highest BCUT2D eigenvalue weighted by molar-refractivity contribution is 6.74. The summed E-state index contributed by atoms with van der Waals surface area (Å²) in [5, 5.41) is 0.0190. The van der Waals surface area contributed by atoms with Gasteiger partial charge in [-0.2, -0.15) is 0 Å². The number of esters is 1. The van der Waals surface area contributed by atoms with Gasteiger partial charge in [-0.3, -0.25) is 14.6 Å². The average molecular weight is 512 g/mol. The van der Waals surface area contributed by atoms with Gasteiger partial charge in [0.05, 0.1) is 18.1 Å². The zero-order valence-electron chi connectivity index (χ0n) is 22.1. The Bertz CT molecular complexity index is 1090. The van der Waals surface area contributed by atoms with E-state index in [0.29, 0.717) is 24.2 Å². The van der Waals surface area contributed by atoms with Gasteiger partial charge in [0, 0.05) is 37.0 Å². The lowest BCUT2D eigenvalue weighted by Crippen LogP contribution is -2.65. The molecule has 4 atom stereocenters. The number of carbonyl (C=O) groups excluding carboxylic acids is 3. The molecule has 4 rings (SSSR count). The fourth-order valence-corrected chi connectivity index (χ4v) is 6.78. The number of ether oxygens (including phenoxy) is 1. The van der Waals surface area contributed by atoms with Crippen LogP contribution >= 0.6 is 0 Å². The quantitative estimate of drug-likeness (QED) is 0.240. The first-order chi connectivity index (χ1) is 16.9. The molecule has 0 N–H and O–H groups in total. The van der Waals surface area contributed by atoms with Gasteiger partial charge in [0.15, 0.2) is 8.32 Å². The van der Waals surface area contributed by atoms with Crippen molar-refractivity contribution in [2.45, 2.75) is 64.4 Å². The molecule has 2 amide bonds. The molecule has 3 aliphatic rings. The number of hydrogen-bond acceptors (Lipinski definition) is 6. The molecule has 2 saturated heterocycles. The second-order valence-corrected chi connectivity index (χ2v) is 16.2. The van der Waals surface area contributed by atoms with Crippen molar-refractivity contribution < 1.29 is 23.5 Å². The molecule has 0 saturated carbocycles. The van der Waals surface area contributed by atoms with E-state index in [-0.39, 0.29) is 54.0 Å².